The van der Waals surface area contributed by atoms with Gasteiger partial charge in [0.2, 0.25) is 0 Å². The number of fused-ring (bicyclic) bond motifs is 1. The lowest BCUT2D eigenvalue weighted by Crippen LogP contribution is -2.12. The largest absolute Gasteiger partial charge is 0.478 e. The van der Waals surface area contributed by atoms with Crippen molar-refractivity contribution in [3.63, 3.8) is 0 Å². The summed E-state index contributed by atoms with van der Waals surface area (Å²) in [6, 6.07) is 29.5. The highest BCUT2D eigenvalue weighted by Crippen LogP contribution is 2.39. The summed E-state index contributed by atoms with van der Waals surface area (Å²) in [6.45, 7) is 3.87. The predicted molar refractivity (Wildman–Crippen MR) is 147 cm³/mol. The quantitative estimate of drug-likeness (QED) is 0.260. The van der Waals surface area contributed by atoms with Crippen LogP contribution in [-0.4, -0.2) is 25.8 Å². The van der Waals surface area contributed by atoms with E-state index < -0.39 is 5.97 Å². The van der Waals surface area contributed by atoms with Gasteiger partial charge in [-0.05, 0) is 60.9 Å². The molecule has 0 spiro atoms. The average Bonchev–Trinajstić information content (AvgIpc) is 3.49. The van der Waals surface area contributed by atoms with Crippen LogP contribution in [0.4, 0.5) is 0 Å². The lowest BCUT2D eigenvalue weighted by molar-refractivity contribution is 0.0697. The van der Waals surface area contributed by atoms with Crippen LogP contribution in [0.5, 0.6) is 0 Å². The van der Waals surface area contributed by atoms with Crippen LogP contribution in [0.2, 0.25) is 0 Å². The first-order chi connectivity index (χ1) is 18.5. The third-order valence-corrected chi connectivity index (χ3v) is 6.96. The van der Waals surface area contributed by atoms with Gasteiger partial charge in [0.05, 0.1) is 22.5 Å². The van der Waals surface area contributed by atoms with Gasteiger partial charge in [0.1, 0.15) is 11.8 Å². The van der Waals surface area contributed by atoms with Crippen molar-refractivity contribution in [2.45, 2.75) is 19.9 Å². The smallest absolute Gasteiger partial charge is 0.335 e. The number of carboxylic acid groups (broad SMARTS) is 1. The zero-order valence-corrected chi connectivity index (χ0v) is 21.0. The Balaban J connectivity index is 1.63. The van der Waals surface area contributed by atoms with Gasteiger partial charge < -0.3 is 14.2 Å². The molecule has 6 nitrogen and oxygen atoms in total. The standard InChI is InChI=1S/C32H25N3O3/c1-20-30(21(2)38-34-20)25-15-16-26-27(22-11-13-24(14-12-22)32(36)37)19-35(29(26)18-25)31(23-8-4-3-5-9-23)28-10-6-7-17-33-28/h3-19,31H,1-2H3,(H,36,37)/t31-/m0/s1. The van der Waals surface area contributed by atoms with Gasteiger partial charge >= 0.3 is 5.97 Å². The Labute approximate surface area is 219 Å². The fourth-order valence-corrected chi connectivity index (χ4v) is 5.18. The third-order valence-electron chi connectivity index (χ3n) is 6.96. The molecule has 38 heavy (non-hydrogen) atoms. The molecule has 0 amide bonds. The fraction of sp³-hybridized carbons (Fsp3) is 0.0938. The molecular formula is C32H25N3O3. The predicted octanol–water partition coefficient (Wildman–Crippen LogP) is 7.31. The number of aromatic carboxylic acids is 1. The van der Waals surface area contributed by atoms with Crippen molar-refractivity contribution < 1.29 is 14.4 Å². The molecule has 186 valence electrons. The molecule has 3 aromatic carbocycles. The van der Waals surface area contributed by atoms with Crippen molar-refractivity contribution in [1.29, 1.82) is 0 Å². The summed E-state index contributed by atoms with van der Waals surface area (Å²) in [5.74, 6) is -0.170. The van der Waals surface area contributed by atoms with E-state index in [9.17, 15) is 9.90 Å². The monoisotopic (exact) mass is 499 g/mol. The van der Waals surface area contributed by atoms with Crippen LogP contribution in [0.15, 0.2) is 108 Å². The molecule has 6 heteroatoms. The maximum Gasteiger partial charge on any atom is 0.335 e. The van der Waals surface area contributed by atoms with Gasteiger partial charge in [-0.2, -0.15) is 0 Å². The maximum absolute atomic E-state index is 11.4. The number of rotatable bonds is 6. The van der Waals surface area contributed by atoms with Gasteiger partial charge in [-0.3, -0.25) is 4.98 Å². The van der Waals surface area contributed by atoms with E-state index in [1.807, 2.05) is 68.6 Å². The molecule has 0 aliphatic heterocycles. The molecule has 0 saturated carbocycles. The van der Waals surface area contributed by atoms with E-state index in [2.05, 4.69) is 46.3 Å². The van der Waals surface area contributed by atoms with Crippen LogP contribution < -0.4 is 0 Å². The van der Waals surface area contributed by atoms with Crippen molar-refractivity contribution >= 4 is 16.9 Å². The molecule has 1 atom stereocenters. The number of aromatic nitrogens is 3. The van der Waals surface area contributed by atoms with E-state index in [1.165, 1.54) is 0 Å². The molecule has 0 bridgehead atoms. The van der Waals surface area contributed by atoms with Crippen LogP contribution in [0.1, 0.15) is 39.1 Å². The van der Waals surface area contributed by atoms with Crippen molar-refractivity contribution in [1.82, 2.24) is 14.7 Å². The Hall–Kier alpha value is -4.97. The van der Waals surface area contributed by atoms with E-state index in [-0.39, 0.29) is 11.6 Å². The summed E-state index contributed by atoms with van der Waals surface area (Å²) in [5.41, 5.74) is 8.12. The highest BCUT2D eigenvalue weighted by atomic mass is 16.5. The van der Waals surface area contributed by atoms with Crippen molar-refractivity contribution in [3.8, 4) is 22.3 Å². The summed E-state index contributed by atoms with van der Waals surface area (Å²) in [5, 5.41) is 14.6. The van der Waals surface area contributed by atoms with E-state index in [0.29, 0.717) is 0 Å². The number of carboxylic acids is 1. The number of hydrogen-bond donors (Lipinski definition) is 1. The van der Waals surface area contributed by atoms with Crippen molar-refractivity contribution in [2.24, 2.45) is 0 Å². The molecule has 0 unspecified atom stereocenters. The summed E-state index contributed by atoms with van der Waals surface area (Å²) in [6.07, 6.45) is 3.96. The van der Waals surface area contributed by atoms with E-state index in [0.717, 1.165) is 55.9 Å². The fourth-order valence-electron chi connectivity index (χ4n) is 5.18. The SMILES string of the molecule is Cc1noc(C)c1-c1ccc2c(-c3ccc(C(=O)O)cc3)cn([C@@H](c3ccccc3)c3ccccn3)c2c1. The summed E-state index contributed by atoms with van der Waals surface area (Å²) in [7, 11) is 0. The summed E-state index contributed by atoms with van der Waals surface area (Å²) >= 11 is 0. The number of hydrogen-bond acceptors (Lipinski definition) is 4. The van der Waals surface area contributed by atoms with E-state index >= 15 is 0 Å². The molecule has 0 fully saturated rings. The van der Waals surface area contributed by atoms with Gasteiger partial charge in [0.25, 0.3) is 0 Å². The molecule has 3 heterocycles. The van der Waals surface area contributed by atoms with Gasteiger partial charge in [-0.1, -0.05) is 65.8 Å². The zero-order chi connectivity index (χ0) is 26.2. The van der Waals surface area contributed by atoms with E-state index in [1.54, 1.807) is 12.1 Å². The highest BCUT2D eigenvalue weighted by molar-refractivity contribution is 5.99. The van der Waals surface area contributed by atoms with Crippen LogP contribution in [0.25, 0.3) is 33.2 Å². The molecule has 1 N–H and O–H groups in total. The van der Waals surface area contributed by atoms with Gasteiger partial charge in [0.15, 0.2) is 0 Å². The first-order valence-corrected chi connectivity index (χ1v) is 12.4. The van der Waals surface area contributed by atoms with Crippen LogP contribution >= 0.6 is 0 Å². The second-order valence-electron chi connectivity index (χ2n) is 9.33. The Bertz CT molecular complexity index is 1690. The molecule has 0 aliphatic rings. The topological polar surface area (TPSA) is 81.1 Å². The Morgan fingerprint density at radius 2 is 1.63 bits per heavy atom. The maximum atomic E-state index is 11.4. The van der Waals surface area contributed by atoms with Crippen molar-refractivity contribution in [3.05, 3.63) is 132 Å². The van der Waals surface area contributed by atoms with Gasteiger partial charge in [-0.15, -0.1) is 0 Å². The first kappa shape index (κ1) is 23.4. The third kappa shape index (κ3) is 4.06. The minimum absolute atomic E-state index is 0.174. The van der Waals surface area contributed by atoms with Crippen LogP contribution in [-0.2, 0) is 0 Å². The van der Waals surface area contributed by atoms with Gasteiger partial charge in [-0.25, -0.2) is 4.79 Å². The summed E-state index contributed by atoms with van der Waals surface area (Å²) < 4.78 is 7.73. The Morgan fingerprint density at radius 1 is 0.895 bits per heavy atom. The average molecular weight is 500 g/mol. The van der Waals surface area contributed by atoms with Crippen LogP contribution in [0, 0.1) is 13.8 Å². The molecule has 0 radical (unpaired) electrons. The zero-order valence-electron chi connectivity index (χ0n) is 21.0. The Kier molecular flexibility index (Phi) is 5.85. The molecule has 0 aliphatic carbocycles. The van der Waals surface area contributed by atoms with Crippen LogP contribution in [0.3, 0.4) is 0 Å². The lowest BCUT2D eigenvalue weighted by Gasteiger charge is -2.21. The summed E-state index contributed by atoms with van der Waals surface area (Å²) in [4.78, 5) is 16.2. The lowest BCUT2D eigenvalue weighted by atomic mass is 9.99. The van der Waals surface area contributed by atoms with E-state index in [4.69, 9.17) is 9.51 Å². The highest BCUT2D eigenvalue weighted by Gasteiger charge is 2.23. The van der Waals surface area contributed by atoms with Crippen molar-refractivity contribution in [2.75, 3.05) is 0 Å². The molecule has 0 saturated heterocycles. The van der Waals surface area contributed by atoms with Gasteiger partial charge in [0, 0.05) is 28.9 Å². The first-order valence-electron chi connectivity index (χ1n) is 12.4. The number of carbonyl (C=O) groups is 1. The minimum atomic E-state index is -0.942. The molecule has 6 rings (SSSR count). The minimum Gasteiger partial charge on any atom is -0.478 e. The number of aryl methyl sites for hydroxylation is 2. The Morgan fingerprint density at radius 3 is 2.29 bits per heavy atom. The molecule has 6 aromatic rings. The normalized spacial score (nSPS) is 12.1. The number of pyridine rings is 1. The number of nitrogens with zero attached hydrogens (tertiary/aromatic N) is 3. The second kappa shape index (κ2) is 9.48. The molecular weight excluding hydrogens is 474 g/mol. The molecule has 3 aromatic heterocycles. The second-order valence-corrected chi connectivity index (χ2v) is 9.33. The number of benzene rings is 3.